The first-order chi connectivity index (χ1) is 15.1. The fourth-order valence-electron chi connectivity index (χ4n) is 3.20. The molecule has 32 heavy (non-hydrogen) atoms. The second-order valence-electron chi connectivity index (χ2n) is 6.97. The van der Waals surface area contributed by atoms with Crippen molar-refractivity contribution in [1.29, 1.82) is 0 Å². The van der Waals surface area contributed by atoms with Crippen LogP contribution in [0.3, 0.4) is 0 Å². The lowest BCUT2D eigenvalue weighted by Crippen LogP contribution is -2.40. The predicted octanol–water partition coefficient (Wildman–Crippen LogP) is 4.53. The highest BCUT2D eigenvalue weighted by molar-refractivity contribution is 7.13. The van der Waals surface area contributed by atoms with Gasteiger partial charge in [-0.15, -0.1) is 0 Å². The van der Waals surface area contributed by atoms with Crippen LogP contribution in [0.5, 0.6) is 0 Å². The molecule has 0 saturated carbocycles. The number of hydrogen-bond acceptors (Lipinski definition) is 5. The zero-order chi connectivity index (χ0) is 23.0. The first kappa shape index (κ1) is 22.3. The first-order valence-electron chi connectivity index (χ1n) is 9.26. The molecule has 0 radical (unpaired) electrons. The third-order valence-corrected chi connectivity index (χ3v) is 5.93. The van der Waals surface area contributed by atoms with Crippen LogP contribution >= 0.6 is 23.1 Å². The summed E-state index contributed by atoms with van der Waals surface area (Å²) in [6.07, 6.45) is -4.82. The Morgan fingerprint density at radius 3 is 2.47 bits per heavy atom. The average Bonchev–Trinajstić information content (AvgIpc) is 3.14. The van der Waals surface area contributed by atoms with Crippen molar-refractivity contribution in [2.75, 3.05) is 0 Å². The summed E-state index contributed by atoms with van der Waals surface area (Å²) in [5.41, 5.74) is -1.79. The highest BCUT2D eigenvalue weighted by Gasteiger charge is 2.35. The zero-order valence-corrected chi connectivity index (χ0v) is 18.1. The normalized spacial score (nSPS) is 11.9. The molecular weight excluding hydrogens is 467 g/mol. The lowest BCUT2D eigenvalue weighted by molar-refractivity contribution is -0.144. The van der Waals surface area contributed by atoms with Crippen LogP contribution in [0.1, 0.15) is 17.0 Å². The Balaban J connectivity index is 1.66. The number of rotatable bonds is 5. The van der Waals surface area contributed by atoms with E-state index in [0.717, 1.165) is 17.3 Å². The molecule has 2 aromatic heterocycles. The third kappa shape index (κ3) is 4.34. The topological polar surface area (TPSA) is 66.1 Å². The highest BCUT2D eigenvalue weighted by Crippen LogP contribution is 2.28. The summed E-state index contributed by atoms with van der Waals surface area (Å²) in [6.45, 7) is 0.501. The number of halogens is 4. The minimum atomic E-state index is -4.82. The van der Waals surface area contributed by atoms with Gasteiger partial charge >= 0.3 is 11.9 Å². The van der Waals surface area contributed by atoms with Gasteiger partial charge in [-0.3, -0.25) is 9.36 Å². The number of hydrogen-bond donors (Lipinski definition) is 0. The average molecular weight is 482 g/mol. The molecule has 2 aromatic carbocycles. The Morgan fingerprint density at radius 2 is 1.78 bits per heavy atom. The molecule has 4 rings (SSSR count). The Labute approximate surface area is 188 Å². The third-order valence-electron chi connectivity index (χ3n) is 4.82. The molecule has 0 saturated heterocycles. The number of ether oxygens (including phenoxy) is 1. The molecule has 4 aromatic rings. The van der Waals surface area contributed by atoms with Gasteiger partial charge in [-0.05, 0) is 47.4 Å². The van der Waals surface area contributed by atoms with Crippen molar-refractivity contribution in [2.24, 2.45) is 7.05 Å². The largest absolute Gasteiger partial charge is 0.431 e. The summed E-state index contributed by atoms with van der Waals surface area (Å²) in [4.78, 5) is 24.9. The maximum absolute atomic E-state index is 13.1. The second-order valence-corrected chi connectivity index (χ2v) is 8.21. The van der Waals surface area contributed by atoms with E-state index in [1.165, 1.54) is 17.6 Å². The molecule has 0 N–H and O–H groups in total. The van der Waals surface area contributed by atoms with E-state index >= 15 is 0 Å². The molecule has 0 spiro atoms. The number of nitrogens with zero attached hydrogens (tertiary/aromatic N) is 3. The van der Waals surface area contributed by atoms with Gasteiger partial charge in [0.25, 0.3) is 5.56 Å². The van der Waals surface area contributed by atoms with Gasteiger partial charge in [0.05, 0.1) is 29.3 Å². The van der Waals surface area contributed by atoms with Gasteiger partial charge in [0, 0.05) is 23.5 Å². The van der Waals surface area contributed by atoms with E-state index in [4.69, 9.17) is 16.3 Å². The van der Waals surface area contributed by atoms with E-state index < -0.39 is 23.1 Å². The molecule has 0 atom stereocenters. The lowest BCUT2D eigenvalue weighted by atomic mass is 10.2. The van der Waals surface area contributed by atoms with Gasteiger partial charge in [0.1, 0.15) is 5.69 Å². The van der Waals surface area contributed by atoms with Crippen LogP contribution in [0.4, 0.5) is 13.2 Å². The minimum absolute atomic E-state index is 0.149. The molecule has 2 heterocycles. The minimum Gasteiger partial charge on any atom is -0.370 e. The Morgan fingerprint density at radius 1 is 1.06 bits per heavy atom. The van der Waals surface area contributed by atoms with E-state index in [1.807, 2.05) is 12.1 Å². The predicted molar refractivity (Wildman–Crippen MR) is 115 cm³/mol. The number of alkyl halides is 3. The molecule has 6 nitrogen and oxygen atoms in total. The van der Waals surface area contributed by atoms with Crippen LogP contribution in [-0.2, 0) is 31.2 Å². The lowest BCUT2D eigenvalue weighted by Gasteiger charge is -2.14. The van der Waals surface area contributed by atoms with Crippen LogP contribution in [0.15, 0.2) is 58.1 Å². The van der Waals surface area contributed by atoms with Crippen LogP contribution in [-0.4, -0.2) is 13.5 Å². The molecule has 0 unspecified atom stereocenters. The van der Waals surface area contributed by atoms with E-state index in [2.05, 4.69) is 4.37 Å². The van der Waals surface area contributed by atoms with Crippen molar-refractivity contribution < 1.29 is 17.9 Å². The molecule has 11 heteroatoms. The van der Waals surface area contributed by atoms with Gasteiger partial charge < -0.3 is 4.74 Å². The summed E-state index contributed by atoms with van der Waals surface area (Å²) in [5.74, 6) is 0. The van der Waals surface area contributed by atoms with Crippen LogP contribution in [0.2, 0.25) is 5.02 Å². The van der Waals surface area contributed by atoms with Crippen LogP contribution in [0.25, 0.3) is 15.8 Å². The van der Waals surface area contributed by atoms with E-state index in [-0.39, 0.29) is 12.3 Å². The fourth-order valence-corrected chi connectivity index (χ4v) is 4.09. The molecule has 0 aliphatic heterocycles. The monoisotopic (exact) mass is 481 g/mol. The fraction of sp³-hybridized carbons (Fsp3) is 0.190. The molecule has 166 valence electrons. The van der Waals surface area contributed by atoms with Crippen molar-refractivity contribution in [3.05, 3.63) is 91.3 Å². The van der Waals surface area contributed by atoms with Gasteiger partial charge in [0.2, 0.25) is 0 Å². The van der Waals surface area contributed by atoms with Gasteiger partial charge in [0.15, 0.2) is 0 Å². The van der Waals surface area contributed by atoms with Crippen LogP contribution in [0, 0.1) is 0 Å². The SMILES string of the molecule is Cn1c(C(F)(F)F)cc(=O)n(-c2ccc3snc(COCc4ccc(Cl)cc4)c3c2)c1=O. The Kier molecular flexibility index (Phi) is 5.93. The van der Waals surface area contributed by atoms with Gasteiger partial charge in [-0.2, -0.15) is 17.5 Å². The number of benzene rings is 2. The van der Waals surface area contributed by atoms with E-state index in [1.54, 1.807) is 24.3 Å². The smallest absolute Gasteiger partial charge is 0.370 e. The molecule has 0 aliphatic carbocycles. The van der Waals surface area contributed by atoms with Crippen molar-refractivity contribution in [2.45, 2.75) is 19.4 Å². The van der Waals surface area contributed by atoms with Gasteiger partial charge in [-0.1, -0.05) is 23.7 Å². The maximum atomic E-state index is 13.1. The summed E-state index contributed by atoms with van der Waals surface area (Å²) in [5, 5.41) is 1.27. The second kappa shape index (κ2) is 8.53. The summed E-state index contributed by atoms with van der Waals surface area (Å²) >= 11 is 7.08. The van der Waals surface area contributed by atoms with Crippen molar-refractivity contribution in [3.8, 4) is 5.69 Å². The summed E-state index contributed by atoms with van der Waals surface area (Å²) in [7, 11) is 0.974. The molecular formula is C21H15ClF3N3O3S. The first-order valence-corrected chi connectivity index (χ1v) is 10.4. The summed E-state index contributed by atoms with van der Waals surface area (Å²) < 4.78 is 51.2. The summed E-state index contributed by atoms with van der Waals surface area (Å²) in [6, 6.07) is 12.3. The Bertz CT molecular complexity index is 1410. The van der Waals surface area contributed by atoms with E-state index in [9.17, 15) is 22.8 Å². The molecule has 0 bridgehead atoms. The number of aromatic nitrogens is 3. The molecule has 0 amide bonds. The Hall–Kier alpha value is -2.95. The van der Waals surface area contributed by atoms with Gasteiger partial charge in [-0.25, -0.2) is 9.36 Å². The van der Waals surface area contributed by atoms with Crippen LogP contribution < -0.4 is 11.2 Å². The van der Waals surface area contributed by atoms with Crippen molar-refractivity contribution in [1.82, 2.24) is 13.5 Å². The molecule has 0 aliphatic rings. The molecule has 0 fully saturated rings. The number of fused-ring (bicyclic) bond motifs is 1. The zero-order valence-electron chi connectivity index (χ0n) is 16.5. The maximum Gasteiger partial charge on any atom is 0.431 e. The van der Waals surface area contributed by atoms with Crippen molar-refractivity contribution >= 4 is 33.2 Å². The quantitative estimate of drug-likeness (QED) is 0.420. The van der Waals surface area contributed by atoms with E-state index in [0.29, 0.717) is 37.9 Å². The standard InChI is InChI=1S/C21H15ClF3N3O3S/c1-27-18(21(23,24)25)9-19(29)28(20(27)30)14-6-7-17-15(8-14)16(26-32-17)11-31-10-12-2-4-13(22)5-3-12/h2-9H,10-11H2,1H3. The van der Waals surface area contributed by atoms with Crippen molar-refractivity contribution in [3.63, 3.8) is 0 Å². The highest BCUT2D eigenvalue weighted by atomic mass is 35.5.